The Morgan fingerprint density at radius 3 is 2.37 bits per heavy atom. The van der Waals surface area contributed by atoms with Crippen molar-refractivity contribution in [2.24, 2.45) is 5.16 Å². The third-order valence-electron chi connectivity index (χ3n) is 2.69. The fourth-order valence-corrected chi connectivity index (χ4v) is 2.38. The van der Waals surface area contributed by atoms with E-state index in [1.54, 1.807) is 36.6 Å². The number of oxime groups is 1. The maximum atomic E-state index is 12.2. The number of hydrogen-bond acceptors (Lipinski definition) is 5. The first-order valence-electron chi connectivity index (χ1n) is 5.55. The number of carbonyl (C=O) groups is 1. The molecule has 0 saturated heterocycles. The fourth-order valence-electron chi connectivity index (χ4n) is 1.66. The van der Waals surface area contributed by atoms with E-state index in [-0.39, 0.29) is 10.7 Å². The van der Waals surface area contributed by atoms with Crippen molar-refractivity contribution in [1.29, 1.82) is 0 Å². The number of benzene rings is 1. The van der Waals surface area contributed by atoms with Crippen LogP contribution in [0.1, 0.15) is 21.6 Å². The van der Waals surface area contributed by atoms with Crippen molar-refractivity contribution in [3.63, 3.8) is 0 Å². The Labute approximate surface area is 113 Å². The van der Waals surface area contributed by atoms with Crippen molar-refractivity contribution < 1.29 is 10.0 Å². The van der Waals surface area contributed by atoms with Gasteiger partial charge in [-0.15, -0.1) is 0 Å². The molecule has 0 radical (unpaired) electrons. The van der Waals surface area contributed by atoms with Gasteiger partial charge in [0.1, 0.15) is 0 Å². The minimum absolute atomic E-state index is 0.285. The molecule has 1 heterocycles. The highest BCUT2D eigenvalue weighted by atomic mass is 32.1. The summed E-state index contributed by atoms with van der Waals surface area (Å²) in [4.78, 5) is 23.6. The number of ketones is 1. The molecule has 19 heavy (non-hydrogen) atoms. The first-order chi connectivity index (χ1) is 9.04. The molecule has 5 nitrogen and oxygen atoms in total. The zero-order chi connectivity index (χ0) is 14.0. The lowest BCUT2D eigenvalue weighted by atomic mass is 10.1. The van der Waals surface area contributed by atoms with E-state index in [2.05, 4.69) is 5.16 Å². The summed E-state index contributed by atoms with van der Waals surface area (Å²) in [5, 5.41) is 13.6. The first-order valence-corrected chi connectivity index (χ1v) is 6.43. The van der Waals surface area contributed by atoms with E-state index in [0.717, 1.165) is 21.5 Å². The van der Waals surface area contributed by atoms with Gasteiger partial charge in [-0.2, -0.15) is 0 Å². The molecule has 0 bridgehead atoms. The number of rotatable bonds is 2. The van der Waals surface area contributed by atoms with Crippen molar-refractivity contribution in [2.45, 2.75) is 13.8 Å². The van der Waals surface area contributed by atoms with Crippen molar-refractivity contribution in [1.82, 2.24) is 4.57 Å². The summed E-state index contributed by atoms with van der Waals surface area (Å²) in [5.74, 6) is -0.779. The predicted molar refractivity (Wildman–Crippen MR) is 73.4 cm³/mol. The Balaban J connectivity index is 2.47. The molecule has 0 aliphatic carbocycles. The molecule has 1 aromatic carbocycles. The monoisotopic (exact) mass is 276 g/mol. The van der Waals surface area contributed by atoms with E-state index in [1.165, 1.54) is 0 Å². The van der Waals surface area contributed by atoms with Gasteiger partial charge in [-0.3, -0.25) is 9.59 Å². The van der Waals surface area contributed by atoms with Crippen LogP contribution >= 0.6 is 11.3 Å². The van der Waals surface area contributed by atoms with Gasteiger partial charge in [0.05, 0.1) is 0 Å². The van der Waals surface area contributed by atoms with Crippen LogP contribution in [0, 0.1) is 13.8 Å². The summed E-state index contributed by atoms with van der Waals surface area (Å²) in [6, 6.07) is 6.84. The highest BCUT2D eigenvalue weighted by Crippen LogP contribution is 2.08. The van der Waals surface area contributed by atoms with E-state index < -0.39 is 5.78 Å². The third-order valence-corrected chi connectivity index (χ3v) is 3.53. The number of nitrogens with zero attached hydrogens (tertiary/aromatic N) is 2. The Morgan fingerprint density at radius 1 is 1.26 bits per heavy atom. The Hall–Kier alpha value is -2.21. The number of aromatic nitrogens is 1. The van der Waals surface area contributed by atoms with Gasteiger partial charge in [0.25, 0.3) is 0 Å². The lowest BCUT2D eigenvalue weighted by Crippen LogP contribution is -2.31. The Bertz CT molecular complexity index is 695. The third kappa shape index (κ3) is 2.48. The van der Waals surface area contributed by atoms with Crippen LogP contribution in [0.3, 0.4) is 0 Å². The highest BCUT2D eigenvalue weighted by molar-refractivity contribution is 7.07. The summed E-state index contributed by atoms with van der Waals surface area (Å²) in [5.41, 5.74) is 1.95. The molecule has 0 saturated carbocycles. The minimum Gasteiger partial charge on any atom is -0.409 e. The van der Waals surface area contributed by atoms with E-state index in [4.69, 9.17) is 5.21 Å². The van der Waals surface area contributed by atoms with Crippen LogP contribution in [0.5, 0.6) is 0 Å². The van der Waals surface area contributed by atoms with Crippen LogP contribution in [0.4, 0.5) is 0 Å². The molecule has 0 fully saturated rings. The molecule has 0 amide bonds. The molecule has 0 spiro atoms. The Kier molecular flexibility index (Phi) is 3.62. The molecule has 0 atom stereocenters. The van der Waals surface area contributed by atoms with Crippen LogP contribution < -0.4 is 4.87 Å². The van der Waals surface area contributed by atoms with Crippen molar-refractivity contribution in [3.05, 3.63) is 56.1 Å². The summed E-state index contributed by atoms with van der Waals surface area (Å²) >= 11 is 0.953. The zero-order valence-electron chi connectivity index (χ0n) is 10.5. The molecule has 0 aliphatic heterocycles. The van der Waals surface area contributed by atoms with Gasteiger partial charge in [0, 0.05) is 16.6 Å². The molecule has 98 valence electrons. The molecular weight excluding hydrogens is 264 g/mol. The standard InChI is InChI=1S/C13H12N2O3S/c1-8-3-5-10(6-4-8)11(16)12(14-18)15-9(2)7-19-13(15)17/h3-7,18H,1-2H3/b14-12-. The molecule has 2 aromatic rings. The van der Waals surface area contributed by atoms with Gasteiger partial charge in [-0.05, 0) is 13.8 Å². The maximum Gasteiger partial charge on any atom is 0.313 e. The largest absolute Gasteiger partial charge is 0.409 e. The van der Waals surface area contributed by atoms with Gasteiger partial charge >= 0.3 is 4.87 Å². The molecule has 1 N–H and O–H groups in total. The summed E-state index contributed by atoms with van der Waals surface area (Å²) < 4.78 is 1.10. The van der Waals surface area contributed by atoms with Gasteiger partial charge < -0.3 is 5.21 Å². The van der Waals surface area contributed by atoms with Crippen LogP contribution in [0.2, 0.25) is 0 Å². The lowest BCUT2D eigenvalue weighted by molar-refractivity contribution is 0.105. The highest BCUT2D eigenvalue weighted by Gasteiger charge is 2.20. The Morgan fingerprint density at radius 2 is 1.89 bits per heavy atom. The van der Waals surface area contributed by atoms with Crippen LogP contribution in [0.25, 0.3) is 0 Å². The first kappa shape index (κ1) is 13.2. The average Bonchev–Trinajstić information content (AvgIpc) is 2.72. The average molecular weight is 276 g/mol. The molecule has 0 aliphatic rings. The summed E-state index contributed by atoms with van der Waals surface area (Å²) in [7, 11) is 0. The van der Waals surface area contributed by atoms with Crippen molar-refractivity contribution >= 4 is 23.0 Å². The molecule has 6 heteroatoms. The molecule has 1 aromatic heterocycles. The number of hydrogen-bond donors (Lipinski definition) is 1. The van der Waals surface area contributed by atoms with Crippen LogP contribution in [-0.2, 0) is 0 Å². The van der Waals surface area contributed by atoms with Gasteiger partial charge in [0.2, 0.25) is 11.6 Å². The van der Waals surface area contributed by atoms with Crippen molar-refractivity contribution in [2.75, 3.05) is 0 Å². The maximum absolute atomic E-state index is 12.2. The predicted octanol–water partition coefficient (Wildman–Crippen LogP) is 2.05. The van der Waals surface area contributed by atoms with E-state index in [9.17, 15) is 9.59 Å². The number of aryl methyl sites for hydroxylation is 2. The van der Waals surface area contributed by atoms with Gasteiger partial charge in [-0.25, -0.2) is 4.57 Å². The van der Waals surface area contributed by atoms with Crippen LogP contribution in [0.15, 0.2) is 39.6 Å². The quantitative estimate of drug-likeness (QED) is 0.300. The number of thiazole rings is 1. The summed E-state index contributed by atoms with van der Waals surface area (Å²) in [6.45, 7) is 3.58. The second kappa shape index (κ2) is 5.19. The molecular formula is C13H12N2O3S. The fraction of sp³-hybridized carbons (Fsp3) is 0.154. The smallest absolute Gasteiger partial charge is 0.313 e. The number of Topliss-reactive ketones (excluding diaryl/α,β-unsaturated/α-hetero) is 1. The number of carbonyl (C=O) groups excluding carboxylic acids is 1. The topological polar surface area (TPSA) is 71.7 Å². The second-order valence-electron chi connectivity index (χ2n) is 4.10. The summed E-state index contributed by atoms with van der Waals surface area (Å²) in [6.07, 6.45) is 0. The second-order valence-corrected chi connectivity index (χ2v) is 4.92. The minimum atomic E-state index is -0.494. The zero-order valence-corrected chi connectivity index (χ0v) is 11.3. The lowest BCUT2D eigenvalue weighted by Gasteiger charge is -2.06. The van der Waals surface area contributed by atoms with Gasteiger partial charge in [0.15, 0.2) is 0 Å². The van der Waals surface area contributed by atoms with Crippen LogP contribution in [-0.4, -0.2) is 21.4 Å². The van der Waals surface area contributed by atoms with Gasteiger partial charge in [-0.1, -0.05) is 46.3 Å². The van der Waals surface area contributed by atoms with Crippen molar-refractivity contribution in [3.8, 4) is 0 Å². The van der Waals surface area contributed by atoms with E-state index >= 15 is 0 Å². The SMILES string of the molecule is Cc1ccc(C(=O)/C(=N/O)n2c(C)csc2=O)cc1. The van der Waals surface area contributed by atoms with E-state index in [0.29, 0.717) is 11.3 Å². The van der Waals surface area contributed by atoms with E-state index in [1.807, 2.05) is 6.92 Å². The molecule has 2 rings (SSSR count). The molecule has 0 unspecified atom stereocenters. The normalized spacial score (nSPS) is 11.6.